The first-order valence-electron chi connectivity index (χ1n) is 8.05. The molecule has 0 aliphatic carbocycles. The van der Waals surface area contributed by atoms with E-state index < -0.39 is 0 Å². The number of amides is 1. The first-order chi connectivity index (χ1) is 12.3. The van der Waals surface area contributed by atoms with Crippen molar-refractivity contribution in [3.05, 3.63) is 95.6 Å². The summed E-state index contributed by atoms with van der Waals surface area (Å²) in [5, 5.41) is 12.3. The summed E-state index contributed by atoms with van der Waals surface area (Å²) < 4.78 is 0. The van der Waals surface area contributed by atoms with E-state index in [-0.39, 0.29) is 12.5 Å². The number of rotatable bonds is 6. The Morgan fingerprint density at radius 2 is 1.48 bits per heavy atom. The molecule has 0 unspecified atom stereocenters. The zero-order chi connectivity index (χ0) is 17.5. The molecule has 3 aromatic carbocycles. The zero-order valence-corrected chi connectivity index (χ0v) is 14.5. The van der Waals surface area contributed by atoms with Crippen LogP contribution in [0, 0.1) is 0 Å². The van der Waals surface area contributed by atoms with E-state index in [2.05, 4.69) is 5.32 Å². The third kappa shape index (κ3) is 4.50. The zero-order valence-electron chi connectivity index (χ0n) is 13.7. The van der Waals surface area contributed by atoms with Crippen molar-refractivity contribution in [3.8, 4) is 0 Å². The van der Waals surface area contributed by atoms with Gasteiger partial charge in [-0.25, -0.2) is 0 Å². The van der Waals surface area contributed by atoms with Gasteiger partial charge in [-0.2, -0.15) is 0 Å². The molecule has 0 aliphatic heterocycles. The van der Waals surface area contributed by atoms with Crippen molar-refractivity contribution < 1.29 is 9.90 Å². The Labute approximate surface area is 151 Å². The second-order valence-corrected chi connectivity index (χ2v) is 6.64. The van der Waals surface area contributed by atoms with Gasteiger partial charge in [-0.05, 0) is 35.4 Å². The van der Waals surface area contributed by atoms with Crippen LogP contribution in [0.5, 0.6) is 0 Å². The van der Waals surface area contributed by atoms with Gasteiger partial charge in [0.2, 0.25) is 0 Å². The Balaban J connectivity index is 1.74. The molecule has 0 heterocycles. The molecule has 0 atom stereocenters. The Kier molecular flexibility index (Phi) is 5.88. The van der Waals surface area contributed by atoms with Gasteiger partial charge in [0.1, 0.15) is 0 Å². The van der Waals surface area contributed by atoms with Crippen molar-refractivity contribution in [1.29, 1.82) is 0 Å². The molecule has 1 amide bonds. The summed E-state index contributed by atoms with van der Waals surface area (Å²) in [5.41, 5.74) is 2.40. The van der Waals surface area contributed by atoms with Crippen molar-refractivity contribution in [2.75, 3.05) is 0 Å². The number of carbonyl (C=O) groups excluding carboxylic acids is 1. The molecule has 0 aliphatic rings. The first kappa shape index (κ1) is 17.3. The number of nitrogens with one attached hydrogen (secondary N) is 1. The van der Waals surface area contributed by atoms with Crippen molar-refractivity contribution in [2.24, 2.45) is 0 Å². The molecule has 25 heavy (non-hydrogen) atoms. The number of aliphatic hydroxyl groups excluding tert-OH is 1. The van der Waals surface area contributed by atoms with Crippen LogP contribution >= 0.6 is 11.8 Å². The lowest BCUT2D eigenvalue weighted by Crippen LogP contribution is -2.24. The molecule has 3 rings (SSSR count). The van der Waals surface area contributed by atoms with Gasteiger partial charge in [0.05, 0.1) is 12.2 Å². The average molecular weight is 349 g/mol. The highest BCUT2D eigenvalue weighted by atomic mass is 32.2. The molecule has 0 aromatic heterocycles. The third-order valence-electron chi connectivity index (χ3n) is 3.83. The van der Waals surface area contributed by atoms with Gasteiger partial charge in [-0.1, -0.05) is 66.4 Å². The molecule has 2 N–H and O–H groups in total. The van der Waals surface area contributed by atoms with Crippen LogP contribution in [-0.2, 0) is 13.2 Å². The highest BCUT2D eigenvalue weighted by molar-refractivity contribution is 7.99. The Bertz CT molecular complexity index is 849. The van der Waals surface area contributed by atoms with E-state index in [1.54, 1.807) is 11.8 Å². The van der Waals surface area contributed by atoms with Gasteiger partial charge in [0.15, 0.2) is 0 Å². The summed E-state index contributed by atoms with van der Waals surface area (Å²) >= 11 is 1.57. The second-order valence-electron chi connectivity index (χ2n) is 5.52. The van der Waals surface area contributed by atoms with Gasteiger partial charge < -0.3 is 10.4 Å². The quantitative estimate of drug-likeness (QED) is 0.699. The molecule has 0 saturated heterocycles. The maximum Gasteiger partial charge on any atom is 0.252 e. The normalized spacial score (nSPS) is 10.4. The van der Waals surface area contributed by atoms with Gasteiger partial charge >= 0.3 is 0 Å². The Morgan fingerprint density at radius 1 is 0.840 bits per heavy atom. The van der Waals surface area contributed by atoms with Gasteiger partial charge in [0.25, 0.3) is 5.91 Å². The van der Waals surface area contributed by atoms with Crippen molar-refractivity contribution in [3.63, 3.8) is 0 Å². The van der Waals surface area contributed by atoms with Crippen LogP contribution < -0.4 is 5.32 Å². The van der Waals surface area contributed by atoms with Gasteiger partial charge in [-0.3, -0.25) is 4.79 Å². The predicted molar refractivity (Wildman–Crippen MR) is 101 cm³/mol. The minimum absolute atomic E-state index is 0.0352. The molecule has 126 valence electrons. The van der Waals surface area contributed by atoms with E-state index in [0.29, 0.717) is 12.1 Å². The van der Waals surface area contributed by atoms with Crippen LogP contribution in [0.4, 0.5) is 0 Å². The van der Waals surface area contributed by atoms with Crippen LogP contribution in [0.15, 0.2) is 88.7 Å². The Hall–Kier alpha value is -2.56. The topological polar surface area (TPSA) is 49.3 Å². The van der Waals surface area contributed by atoms with E-state index in [9.17, 15) is 9.90 Å². The van der Waals surface area contributed by atoms with Crippen molar-refractivity contribution >= 4 is 17.7 Å². The first-order valence-corrected chi connectivity index (χ1v) is 8.87. The summed E-state index contributed by atoms with van der Waals surface area (Å²) in [6.07, 6.45) is 0. The van der Waals surface area contributed by atoms with E-state index >= 15 is 0 Å². The average Bonchev–Trinajstić information content (AvgIpc) is 2.67. The fourth-order valence-corrected chi connectivity index (χ4v) is 3.48. The smallest absolute Gasteiger partial charge is 0.252 e. The standard InChI is InChI=1S/C21H19NO2S/c23-15-17-9-5-4-8-16(17)14-22-21(24)19-12-6-7-13-20(19)25-18-10-2-1-3-11-18/h1-13,23H,14-15H2,(H,22,24). The molecule has 4 heteroatoms. The number of carbonyl (C=O) groups is 1. The van der Waals surface area contributed by atoms with Crippen LogP contribution in [-0.4, -0.2) is 11.0 Å². The van der Waals surface area contributed by atoms with E-state index in [4.69, 9.17) is 0 Å². The van der Waals surface area contributed by atoms with Crippen molar-refractivity contribution in [2.45, 2.75) is 22.9 Å². The minimum atomic E-state index is -0.119. The minimum Gasteiger partial charge on any atom is -0.392 e. The predicted octanol–water partition coefficient (Wildman–Crippen LogP) is 4.26. The lowest BCUT2D eigenvalue weighted by atomic mass is 10.1. The molecule has 0 radical (unpaired) electrons. The van der Waals surface area contributed by atoms with Crippen LogP contribution in [0.3, 0.4) is 0 Å². The molecule has 3 aromatic rings. The molecule has 3 nitrogen and oxygen atoms in total. The second kappa shape index (κ2) is 8.51. The molecule has 0 spiro atoms. The van der Waals surface area contributed by atoms with E-state index in [0.717, 1.165) is 20.9 Å². The lowest BCUT2D eigenvalue weighted by molar-refractivity contribution is 0.0947. The van der Waals surface area contributed by atoms with Crippen molar-refractivity contribution in [1.82, 2.24) is 5.32 Å². The Morgan fingerprint density at radius 3 is 2.24 bits per heavy atom. The van der Waals surface area contributed by atoms with E-state index in [1.165, 1.54) is 0 Å². The van der Waals surface area contributed by atoms with Crippen LogP contribution in [0.25, 0.3) is 0 Å². The number of aliphatic hydroxyl groups is 1. The maximum absolute atomic E-state index is 12.6. The fourth-order valence-electron chi connectivity index (χ4n) is 2.51. The SMILES string of the molecule is O=C(NCc1ccccc1CO)c1ccccc1Sc1ccccc1. The third-order valence-corrected chi connectivity index (χ3v) is 4.91. The number of hydrogen-bond donors (Lipinski definition) is 2. The van der Waals surface area contributed by atoms with Crippen LogP contribution in [0.2, 0.25) is 0 Å². The highest BCUT2D eigenvalue weighted by Crippen LogP contribution is 2.30. The molecular formula is C21H19NO2S. The van der Waals surface area contributed by atoms with Gasteiger partial charge in [0, 0.05) is 16.3 Å². The highest BCUT2D eigenvalue weighted by Gasteiger charge is 2.12. The molecular weight excluding hydrogens is 330 g/mol. The summed E-state index contributed by atoms with van der Waals surface area (Å²) in [4.78, 5) is 14.7. The summed E-state index contributed by atoms with van der Waals surface area (Å²) in [5.74, 6) is -0.119. The maximum atomic E-state index is 12.6. The summed E-state index contributed by atoms with van der Waals surface area (Å²) in [6, 6.07) is 25.1. The number of benzene rings is 3. The van der Waals surface area contributed by atoms with Gasteiger partial charge in [-0.15, -0.1) is 0 Å². The molecule has 0 fully saturated rings. The monoisotopic (exact) mass is 349 g/mol. The largest absolute Gasteiger partial charge is 0.392 e. The van der Waals surface area contributed by atoms with E-state index in [1.807, 2.05) is 78.9 Å². The summed E-state index contributed by atoms with van der Waals surface area (Å²) in [6.45, 7) is 0.354. The molecule has 0 saturated carbocycles. The van der Waals surface area contributed by atoms with Crippen LogP contribution in [0.1, 0.15) is 21.5 Å². The fraction of sp³-hybridized carbons (Fsp3) is 0.0952. The summed E-state index contributed by atoms with van der Waals surface area (Å²) in [7, 11) is 0. The molecule has 0 bridgehead atoms. The number of hydrogen-bond acceptors (Lipinski definition) is 3. The lowest BCUT2D eigenvalue weighted by Gasteiger charge is -2.11.